The highest BCUT2D eigenvalue weighted by atomic mass is 19.1. The summed E-state index contributed by atoms with van der Waals surface area (Å²) in [4.78, 5) is 2.18. The second kappa shape index (κ2) is 6.59. The summed E-state index contributed by atoms with van der Waals surface area (Å²) in [5.41, 5.74) is 5.89. The Morgan fingerprint density at radius 3 is 2.78 bits per heavy atom. The van der Waals surface area contributed by atoms with Crippen LogP contribution >= 0.6 is 0 Å². The summed E-state index contributed by atoms with van der Waals surface area (Å²) >= 11 is 0. The quantitative estimate of drug-likeness (QED) is 0.843. The smallest absolute Gasteiger partial charge is 0.123 e. The lowest BCUT2D eigenvalue weighted by Gasteiger charge is -2.17. The van der Waals surface area contributed by atoms with E-state index in [-0.39, 0.29) is 11.7 Å². The fourth-order valence-corrected chi connectivity index (χ4v) is 3.30. The van der Waals surface area contributed by atoms with E-state index in [9.17, 15) is 4.39 Å². The van der Waals surface area contributed by atoms with Crippen molar-refractivity contribution in [3.8, 4) is 0 Å². The standard InChI is InChI=1S/C19H22FN3/c1-13(18-5-4-9-21-22-18)19-14(8-10-23(2)3)11-15-12-16(20)6-7-17(15)19/h4-7,9,12-13H,8,10-11H2,1-3H3. The first-order valence-electron chi connectivity index (χ1n) is 7.99. The van der Waals surface area contributed by atoms with E-state index in [0.29, 0.717) is 0 Å². The molecule has 1 aromatic carbocycles. The molecule has 3 rings (SSSR count). The lowest BCUT2D eigenvalue weighted by molar-refractivity contribution is 0.412. The highest BCUT2D eigenvalue weighted by Gasteiger charge is 2.27. The van der Waals surface area contributed by atoms with Gasteiger partial charge in [-0.25, -0.2) is 4.39 Å². The van der Waals surface area contributed by atoms with Gasteiger partial charge in [-0.1, -0.05) is 18.6 Å². The molecule has 0 spiro atoms. The molecule has 1 aliphatic carbocycles. The Kier molecular flexibility index (Phi) is 4.53. The van der Waals surface area contributed by atoms with Crippen molar-refractivity contribution in [2.24, 2.45) is 0 Å². The van der Waals surface area contributed by atoms with Crippen LogP contribution in [0.2, 0.25) is 0 Å². The lowest BCUT2D eigenvalue weighted by Crippen LogP contribution is -2.14. The molecule has 1 atom stereocenters. The molecule has 0 N–H and O–H groups in total. The maximum atomic E-state index is 13.6. The van der Waals surface area contributed by atoms with Gasteiger partial charge in [0.15, 0.2) is 0 Å². The van der Waals surface area contributed by atoms with Crippen LogP contribution in [0.15, 0.2) is 42.1 Å². The van der Waals surface area contributed by atoms with Crippen molar-refractivity contribution < 1.29 is 4.39 Å². The van der Waals surface area contributed by atoms with E-state index in [1.807, 2.05) is 18.2 Å². The third kappa shape index (κ3) is 3.32. The summed E-state index contributed by atoms with van der Waals surface area (Å²) in [6, 6.07) is 9.06. The Hall–Kier alpha value is -2.07. The Labute approximate surface area is 136 Å². The van der Waals surface area contributed by atoms with Crippen LogP contribution < -0.4 is 0 Å². The van der Waals surface area contributed by atoms with E-state index in [4.69, 9.17) is 0 Å². The second-order valence-electron chi connectivity index (χ2n) is 6.42. The van der Waals surface area contributed by atoms with Gasteiger partial charge in [0, 0.05) is 18.7 Å². The molecular weight excluding hydrogens is 289 g/mol. The van der Waals surface area contributed by atoms with Crippen molar-refractivity contribution in [2.75, 3.05) is 20.6 Å². The molecule has 1 unspecified atom stereocenters. The monoisotopic (exact) mass is 311 g/mol. The van der Waals surface area contributed by atoms with Crippen molar-refractivity contribution >= 4 is 5.57 Å². The van der Waals surface area contributed by atoms with Gasteiger partial charge in [0.05, 0.1) is 5.69 Å². The maximum Gasteiger partial charge on any atom is 0.123 e. The van der Waals surface area contributed by atoms with Gasteiger partial charge in [0.1, 0.15) is 5.82 Å². The van der Waals surface area contributed by atoms with Crippen LogP contribution in [-0.2, 0) is 6.42 Å². The average molecular weight is 311 g/mol. The number of allylic oxidation sites excluding steroid dienone is 1. The van der Waals surface area contributed by atoms with E-state index in [1.54, 1.807) is 18.3 Å². The highest BCUT2D eigenvalue weighted by molar-refractivity contribution is 5.80. The number of nitrogens with zero attached hydrogens (tertiary/aromatic N) is 3. The highest BCUT2D eigenvalue weighted by Crippen LogP contribution is 2.42. The Morgan fingerprint density at radius 2 is 2.09 bits per heavy atom. The summed E-state index contributed by atoms with van der Waals surface area (Å²) < 4.78 is 13.6. The molecule has 0 fully saturated rings. The lowest BCUT2D eigenvalue weighted by atomic mass is 9.90. The minimum absolute atomic E-state index is 0.160. The topological polar surface area (TPSA) is 29.0 Å². The van der Waals surface area contributed by atoms with Crippen LogP contribution in [0.4, 0.5) is 4.39 Å². The summed E-state index contributed by atoms with van der Waals surface area (Å²) in [6.45, 7) is 3.15. The number of benzene rings is 1. The van der Waals surface area contributed by atoms with Crippen molar-refractivity contribution in [3.63, 3.8) is 0 Å². The van der Waals surface area contributed by atoms with Crippen LogP contribution in [0.3, 0.4) is 0 Å². The number of hydrogen-bond acceptors (Lipinski definition) is 3. The third-order valence-electron chi connectivity index (χ3n) is 4.47. The molecule has 0 saturated heterocycles. The van der Waals surface area contributed by atoms with Crippen molar-refractivity contribution in [1.29, 1.82) is 0 Å². The first kappa shape index (κ1) is 15.8. The number of halogens is 1. The predicted molar refractivity (Wildman–Crippen MR) is 90.6 cm³/mol. The SMILES string of the molecule is CC(C1=C(CCN(C)C)Cc2cc(F)ccc21)c1cccnn1. The molecule has 0 aliphatic heterocycles. The Balaban J connectivity index is 2.00. The molecule has 0 amide bonds. The second-order valence-corrected chi connectivity index (χ2v) is 6.42. The average Bonchev–Trinajstić information content (AvgIpc) is 2.90. The number of hydrogen-bond donors (Lipinski definition) is 0. The molecule has 1 heterocycles. The molecule has 120 valence electrons. The minimum atomic E-state index is -0.163. The first-order chi connectivity index (χ1) is 11.1. The van der Waals surface area contributed by atoms with Crippen LogP contribution in [0.25, 0.3) is 5.57 Å². The molecule has 2 aromatic rings. The zero-order valence-corrected chi connectivity index (χ0v) is 13.9. The zero-order chi connectivity index (χ0) is 16.4. The van der Waals surface area contributed by atoms with Gasteiger partial charge in [-0.15, -0.1) is 0 Å². The summed E-state index contributed by atoms with van der Waals surface area (Å²) in [5.74, 6) is -0.00307. The molecule has 3 nitrogen and oxygen atoms in total. The van der Waals surface area contributed by atoms with E-state index < -0.39 is 0 Å². The molecule has 23 heavy (non-hydrogen) atoms. The molecule has 1 aliphatic rings. The number of rotatable bonds is 5. The number of aromatic nitrogens is 2. The fourth-order valence-electron chi connectivity index (χ4n) is 3.30. The Morgan fingerprint density at radius 1 is 1.26 bits per heavy atom. The number of fused-ring (bicyclic) bond motifs is 1. The van der Waals surface area contributed by atoms with Gasteiger partial charge in [-0.3, -0.25) is 0 Å². The molecular formula is C19H22FN3. The fraction of sp³-hybridized carbons (Fsp3) is 0.368. The van der Waals surface area contributed by atoms with Gasteiger partial charge in [0.25, 0.3) is 0 Å². The van der Waals surface area contributed by atoms with Crippen LogP contribution in [-0.4, -0.2) is 35.7 Å². The summed E-state index contributed by atoms with van der Waals surface area (Å²) in [5, 5.41) is 8.28. The van der Waals surface area contributed by atoms with Crippen molar-refractivity contribution in [1.82, 2.24) is 15.1 Å². The minimum Gasteiger partial charge on any atom is -0.309 e. The molecule has 0 radical (unpaired) electrons. The van der Waals surface area contributed by atoms with Gasteiger partial charge < -0.3 is 4.90 Å². The van der Waals surface area contributed by atoms with Crippen molar-refractivity contribution in [3.05, 3.63) is 64.7 Å². The van der Waals surface area contributed by atoms with Crippen LogP contribution in [0, 0.1) is 5.82 Å². The molecule has 4 heteroatoms. The summed E-state index contributed by atoms with van der Waals surface area (Å²) in [6.07, 6.45) is 3.51. The molecule has 0 saturated carbocycles. The van der Waals surface area contributed by atoms with Gasteiger partial charge in [-0.05, 0) is 67.9 Å². The van der Waals surface area contributed by atoms with E-state index >= 15 is 0 Å². The van der Waals surface area contributed by atoms with Gasteiger partial charge in [-0.2, -0.15) is 10.2 Å². The predicted octanol–water partition coefficient (Wildman–Crippen LogP) is 3.68. The Bertz CT molecular complexity index is 723. The van der Waals surface area contributed by atoms with E-state index in [2.05, 4.69) is 36.1 Å². The van der Waals surface area contributed by atoms with Gasteiger partial charge in [0.2, 0.25) is 0 Å². The zero-order valence-electron chi connectivity index (χ0n) is 13.9. The molecule has 1 aromatic heterocycles. The summed E-state index contributed by atoms with van der Waals surface area (Å²) in [7, 11) is 4.15. The van der Waals surface area contributed by atoms with E-state index in [0.717, 1.165) is 30.6 Å². The van der Waals surface area contributed by atoms with Crippen molar-refractivity contribution in [2.45, 2.75) is 25.7 Å². The molecule has 0 bridgehead atoms. The largest absolute Gasteiger partial charge is 0.309 e. The van der Waals surface area contributed by atoms with E-state index in [1.165, 1.54) is 16.7 Å². The van der Waals surface area contributed by atoms with Crippen LogP contribution in [0.5, 0.6) is 0 Å². The maximum absolute atomic E-state index is 13.6. The third-order valence-corrected chi connectivity index (χ3v) is 4.47. The normalized spacial score (nSPS) is 15.2. The van der Waals surface area contributed by atoms with Crippen LogP contribution in [0.1, 0.15) is 36.1 Å². The first-order valence-corrected chi connectivity index (χ1v) is 7.99. The van der Waals surface area contributed by atoms with Gasteiger partial charge >= 0.3 is 0 Å².